The largest absolute Gasteiger partial charge is 0.302 e. The van der Waals surface area contributed by atoms with E-state index in [9.17, 15) is 4.79 Å². The van der Waals surface area contributed by atoms with Crippen LogP contribution in [0.25, 0.3) is 11.3 Å². The Morgan fingerprint density at radius 3 is 2.44 bits per heavy atom. The molecule has 1 amide bonds. The molecule has 0 saturated carbocycles. The average molecular weight is 371 g/mol. The zero-order valence-corrected chi connectivity index (χ0v) is 15.7. The third-order valence-corrected chi connectivity index (χ3v) is 4.91. The van der Waals surface area contributed by atoms with Gasteiger partial charge in [-0.15, -0.1) is 11.3 Å². The van der Waals surface area contributed by atoms with Gasteiger partial charge in [0.15, 0.2) is 5.13 Å². The maximum Gasteiger partial charge on any atom is 0.230 e. The summed E-state index contributed by atoms with van der Waals surface area (Å²) in [7, 11) is 0. The van der Waals surface area contributed by atoms with E-state index in [1.54, 1.807) is 0 Å². The fourth-order valence-corrected chi connectivity index (χ4v) is 3.32. The van der Waals surface area contributed by atoms with Gasteiger partial charge in [0.25, 0.3) is 0 Å². The Hall–Kier alpha value is -2.17. The van der Waals surface area contributed by atoms with Gasteiger partial charge in [-0.2, -0.15) is 0 Å². The number of halogens is 1. The standard InChI is InChI=1S/C20H19ClN2OS/c1-13(2)15-5-3-14(4-6-15)11-19(24)23-20-22-18(12-25-20)16-7-9-17(21)10-8-16/h3-10,12-13H,11H2,1-2H3,(H,22,23,24). The minimum atomic E-state index is -0.0608. The summed E-state index contributed by atoms with van der Waals surface area (Å²) in [6, 6.07) is 15.7. The van der Waals surface area contributed by atoms with Gasteiger partial charge in [0.05, 0.1) is 12.1 Å². The van der Waals surface area contributed by atoms with Gasteiger partial charge in [0.2, 0.25) is 5.91 Å². The first-order valence-electron chi connectivity index (χ1n) is 8.11. The first-order valence-corrected chi connectivity index (χ1v) is 9.37. The summed E-state index contributed by atoms with van der Waals surface area (Å²) in [5, 5.41) is 6.09. The SMILES string of the molecule is CC(C)c1ccc(CC(=O)Nc2nc(-c3ccc(Cl)cc3)cs2)cc1. The van der Waals surface area contributed by atoms with Crippen LogP contribution >= 0.6 is 22.9 Å². The van der Waals surface area contributed by atoms with Crippen molar-refractivity contribution in [3.63, 3.8) is 0 Å². The zero-order chi connectivity index (χ0) is 17.8. The Labute approximate surface area is 156 Å². The van der Waals surface area contributed by atoms with Crippen LogP contribution in [0.4, 0.5) is 5.13 Å². The second-order valence-corrected chi connectivity index (χ2v) is 7.46. The smallest absolute Gasteiger partial charge is 0.230 e. The number of nitrogens with zero attached hydrogens (tertiary/aromatic N) is 1. The van der Waals surface area contributed by atoms with Crippen molar-refractivity contribution in [3.8, 4) is 11.3 Å². The molecule has 25 heavy (non-hydrogen) atoms. The van der Waals surface area contributed by atoms with Crippen molar-refractivity contribution < 1.29 is 4.79 Å². The molecule has 0 fully saturated rings. The van der Waals surface area contributed by atoms with E-state index < -0.39 is 0 Å². The molecule has 0 spiro atoms. The number of carbonyl (C=O) groups excluding carboxylic acids is 1. The number of hydrogen-bond donors (Lipinski definition) is 1. The van der Waals surface area contributed by atoms with Crippen LogP contribution in [0.5, 0.6) is 0 Å². The number of hydrogen-bond acceptors (Lipinski definition) is 3. The van der Waals surface area contributed by atoms with Crippen LogP contribution in [0.3, 0.4) is 0 Å². The number of amides is 1. The third-order valence-electron chi connectivity index (χ3n) is 3.90. The lowest BCUT2D eigenvalue weighted by atomic mass is 10.0. The van der Waals surface area contributed by atoms with Crippen molar-refractivity contribution in [2.75, 3.05) is 5.32 Å². The van der Waals surface area contributed by atoms with E-state index in [4.69, 9.17) is 11.6 Å². The molecule has 1 N–H and O–H groups in total. The van der Waals surface area contributed by atoms with E-state index in [1.807, 2.05) is 41.8 Å². The monoisotopic (exact) mass is 370 g/mol. The highest BCUT2D eigenvalue weighted by Gasteiger charge is 2.09. The average Bonchev–Trinajstić information content (AvgIpc) is 3.04. The molecule has 0 aliphatic rings. The molecule has 2 aromatic carbocycles. The van der Waals surface area contributed by atoms with Gasteiger partial charge >= 0.3 is 0 Å². The Morgan fingerprint density at radius 1 is 1.12 bits per heavy atom. The molecule has 5 heteroatoms. The van der Waals surface area contributed by atoms with Crippen LogP contribution in [0.15, 0.2) is 53.9 Å². The molecule has 1 heterocycles. The van der Waals surface area contributed by atoms with E-state index in [-0.39, 0.29) is 5.91 Å². The van der Waals surface area contributed by atoms with Crippen LogP contribution in [0.1, 0.15) is 30.9 Å². The second kappa shape index (κ2) is 7.81. The fourth-order valence-electron chi connectivity index (χ4n) is 2.45. The van der Waals surface area contributed by atoms with Gasteiger partial charge in [-0.3, -0.25) is 4.79 Å². The van der Waals surface area contributed by atoms with Crippen LogP contribution in [0.2, 0.25) is 5.02 Å². The van der Waals surface area contributed by atoms with Crippen molar-refractivity contribution >= 4 is 34.0 Å². The predicted octanol–water partition coefficient (Wildman–Crippen LogP) is 5.77. The first kappa shape index (κ1) is 17.6. The molecular formula is C20H19ClN2OS. The van der Waals surface area contributed by atoms with Gasteiger partial charge in [-0.1, -0.05) is 61.8 Å². The summed E-state index contributed by atoms with van der Waals surface area (Å²) in [4.78, 5) is 16.7. The number of nitrogens with one attached hydrogen (secondary N) is 1. The molecule has 1 aromatic heterocycles. The summed E-state index contributed by atoms with van der Waals surface area (Å²) >= 11 is 7.32. The number of benzene rings is 2. The van der Waals surface area contributed by atoms with Gasteiger partial charge < -0.3 is 5.32 Å². The Kier molecular flexibility index (Phi) is 5.51. The quantitative estimate of drug-likeness (QED) is 0.619. The first-order chi connectivity index (χ1) is 12.0. The molecule has 0 radical (unpaired) electrons. The van der Waals surface area contributed by atoms with Gasteiger partial charge in [-0.25, -0.2) is 4.98 Å². The van der Waals surface area contributed by atoms with Crippen molar-refractivity contribution in [3.05, 3.63) is 70.1 Å². The number of aromatic nitrogens is 1. The highest BCUT2D eigenvalue weighted by molar-refractivity contribution is 7.14. The molecule has 0 unspecified atom stereocenters. The minimum Gasteiger partial charge on any atom is -0.302 e. The Morgan fingerprint density at radius 2 is 1.80 bits per heavy atom. The maximum atomic E-state index is 12.2. The molecular weight excluding hydrogens is 352 g/mol. The normalized spacial score (nSPS) is 10.9. The van der Waals surface area contributed by atoms with Crippen LogP contribution in [0, 0.1) is 0 Å². The molecule has 0 aliphatic carbocycles. The lowest BCUT2D eigenvalue weighted by molar-refractivity contribution is -0.115. The second-order valence-electron chi connectivity index (χ2n) is 6.17. The third kappa shape index (κ3) is 4.68. The van der Waals surface area contributed by atoms with Crippen molar-refractivity contribution in [2.24, 2.45) is 0 Å². The molecule has 0 atom stereocenters. The molecule has 3 nitrogen and oxygen atoms in total. The zero-order valence-electron chi connectivity index (χ0n) is 14.1. The summed E-state index contributed by atoms with van der Waals surface area (Å²) in [6.07, 6.45) is 0.342. The molecule has 0 aliphatic heterocycles. The summed E-state index contributed by atoms with van der Waals surface area (Å²) in [6.45, 7) is 4.31. The topological polar surface area (TPSA) is 42.0 Å². The molecule has 0 saturated heterocycles. The maximum absolute atomic E-state index is 12.2. The fraction of sp³-hybridized carbons (Fsp3) is 0.200. The van der Waals surface area contributed by atoms with Crippen LogP contribution in [-0.4, -0.2) is 10.9 Å². The van der Waals surface area contributed by atoms with Crippen LogP contribution in [-0.2, 0) is 11.2 Å². The molecule has 128 valence electrons. The van der Waals surface area contributed by atoms with Crippen LogP contribution < -0.4 is 5.32 Å². The number of thiazole rings is 1. The predicted molar refractivity (Wildman–Crippen MR) is 105 cm³/mol. The number of anilines is 1. The van der Waals surface area contributed by atoms with Crippen molar-refractivity contribution in [2.45, 2.75) is 26.2 Å². The van der Waals surface area contributed by atoms with E-state index in [1.165, 1.54) is 16.9 Å². The van der Waals surface area contributed by atoms with Gasteiger partial charge in [-0.05, 0) is 29.2 Å². The van der Waals surface area contributed by atoms with Crippen molar-refractivity contribution in [1.29, 1.82) is 0 Å². The summed E-state index contributed by atoms with van der Waals surface area (Å²) in [5.74, 6) is 0.429. The lowest BCUT2D eigenvalue weighted by Gasteiger charge is -2.06. The van der Waals surface area contributed by atoms with Gasteiger partial charge in [0, 0.05) is 16.0 Å². The van der Waals surface area contributed by atoms with Gasteiger partial charge in [0.1, 0.15) is 0 Å². The van der Waals surface area contributed by atoms with E-state index >= 15 is 0 Å². The van der Waals surface area contributed by atoms with E-state index in [2.05, 4.69) is 36.3 Å². The highest BCUT2D eigenvalue weighted by Crippen LogP contribution is 2.26. The van der Waals surface area contributed by atoms with E-state index in [0.29, 0.717) is 22.5 Å². The molecule has 3 rings (SSSR count). The minimum absolute atomic E-state index is 0.0608. The number of rotatable bonds is 5. The summed E-state index contributed by atoms with van der Waals surface area (Å²) < 4.78 is 0. The number of carbonyl (C=O) groups is 1. The Balaban J connectivity index is 1.62. The Bertz CT molecular complexity index is 854. The highest BCUT2D eigenvalue weighted by atomic mass is 35.5. The summed E-state index contributed by atoms with van der Waals surface area (Å²) in [5.41, 5.74) is 4.08. The van der Waals surface area contributed by atoms with Crippen molar-refractivity contribution in [1.82, 2.24) is 4.98 Å². The molecule has 3 aromatic rings. The molecule has 0 bridgehead atoms. The van der Waals surface area contributed by atoms with E-state index in [0.717, 1.165) is 16.8 Å². The lowest BCUT2D eigenvalue weighted by Crippen LogP contribution is -2.14.